The Labute approximate surface area is 168 Å². The summed E-state index contributed by atoms with van der Waals surface area (Å²) >= 11 is 0. The lowest BCUT2D eigenvalue weighted by atomic mass is 10.1. The lowest BCUT2D eigenvalue weighted by Gasteiger charge is -2.10. The van der Waals surface area contributed by atoms with E-state index in [1.54, 1.807) is 24.3 Å². The summed E-state index contributed by atoms with van der Waals surface area (Å²) in [4.78, 5) is 12.2. The SMILES string of the molecule is CCCCOc1ccc(C(=O)NC(=N)NCCCCCc2ccccc2)cc1. The van der Waals surface area contributed by atoms with Gasteiger partial charge in [0.2, 0.25) is 0 Å². The third kappa shape index (κ3) is 8.25. The zero-order valence-corrected chi connectivity index (χ0v) is 16.7. The van der Waals surface area contributed by atoms with Gasteiger partial charge >= 0.3 is 0 Å². The standard InChI is InChI=1S/C23H31N3O2/c1-2-3-18-28-21-15-13-20(14-16-21)22(27)26-23(24)25-17-9-5-8-12-19-10-6-4-7-11-19/h4,6-7,10-11,13-16H,2-3,5,8-9,12,17-18H2,1H3,(H3,24,25,26,27). The molecule has 0 atom stereocenters. The molecule has 2 aromatic rings. The second-order valence-corrected chi connectivity index (χ2v) is 6.78. The van der Waals surface area contributed by atoms with E-state index in [-0.39, 0.29) is 11.9 Å². The fraction of sp³-hybridized carbons (Fsp3) is 0.391. The van der Waals surface area contributed by atoms with Crippen molar-refractivity contribution in [2.24, 2.45) is 0 Å². The van der Waals surface area contributed by atoms with Crippen LogP contribution in [0.1, 0.15) is 54.9 Å². The number of hydrogen-bond acceptors (Lipinski definition) is 3. The van der Waals surface area contributed by atoms with Crippen LogP contribution in [-0.2, 0) is 6.42 Å². The molecule has 1 amide bonds. The highest BCUT2D eigenvalue weighted by atomic mass is 16.5. The van der Waals surface area contributed by atoms with Crippen molar-refractivity contribution < 1.29 is 9.53 Å². The Morgan fingerprint density at radius 1 is 0.964 bits per heavy atom. The highest BCUT2D eigenvalue weighted by molar-refractivity contribution is 6.04. The average Bonchev–Trinajstić information content (AvgIpc) is 2.72. The molecular weight excluding hydrogens is 350 g/mol. The van der Waals surface area contributed by atoms with Gasteiger partial charge in [0.15, 0.2) is 5.96 Å². The van der Waals surface area contributed by atoms with Crippen LogP contribution in [0, 0.1) is 5.41 Å². The first-order chi connectivity index (χ1) is 13.7. The maximum atomic E-state index is 12.2. The molecule has 0 radical (unpaired) electrons. The van der Waals surface area contributed by atoms with Crippen LogP contribution in [0.2, 0.25) is 0 Å². The smallest absolute Gasteiger partial charge is 0.257 e. The fourth-order valence-corrected chi connectivity index (χ4v) is 2.76. The molecule has 0 saturated heterocycles. The Morgan fingerprint density at radius 2 is 1.71 bits per heavy atom. The molecule has 5 nitrogen and oxygen atoms in total. The molecule has 0 spiro atoms. The lowest BCUT2D eigenvalue weighted by Crippen LogP contribution is -2.40. The Kier molecular flexibility index (Phi) is 9.62. The minimum atomic E-state index is -0.290. The number of carbonyl (C=O) groups excluding carboxylic acids is 1. The number of hydrogen-bond donors (Lipinski definition) is 3. The molecule has 2 aromatic carbocycles. The number of ether oxygens (including phenoxy) is 1. The van der Waals surface area contributed by atoms with Crippen molar-refractivity contribution in [2.45, 2.75) is 45.4 Å². The van der Waals surface area contributed by atoms with Crippen LogP contribution in [-0.4, -0.2) is 25.0 Å². The van der Waals surface area contributed by atoms with E-state index < -0.39 is 0 Å². The van der Waals surface area contributed by atoms with E-state index in [4.69, 9.17) is 10.1 Å². The van der Waals surface area contributed by atoms with Gasteiger partial charge in [-0.25, -0.2) is 0 Å². The van der Waals surface area contributed by atoms with Crippen molar-refractivity contribution in [3.63, 3.8) is 0 Å². The van der Waals surface area contributed by atoms with Crippen LogP contribution in [0.25, 0.3) is 0 Å². The van der Waals surface area contributed by atoms with Crippen LogP contribution in [0.4, 0.5) is 0 Å². The van der Waals surface area contributed by atoms with E-state index in [9.17, 15) is 4.79 Å². The quantitative estimate of drug-likeness (QED) is 0.304. The molecule has 2 rings (SSSR count). The monoisotopic (exact) mass is 381 g/mol. The summed E-state index contributed by atoms with van der Waals surface area (Å²) in [5.74, 6) is 0.506. The zero-order valence-electron chi connectivity index (χ0n) is 16.7. The van der Waals surface area contributed by atoms with Gasteiger partial charge in [0.25, 0.3) is 5.91 Å². The number of rotatable bonds is 11. The number of benzene rings is 2. The summed E-state index contributed by atoms with van der Waals surface area (Å²) in [6, 6.07) is 17.5. The number of carbonyl (C=O) groups is 1. The summed E-state index contributed by atoms with van der Waals surface area (Å²) in [6.45, 7) is 3.48. The molecule has 0 aliphatic rings. The minimum Gasteiger partial charge on any atom is -0.494 e. The maximum absolute atomic E-state index is 12.2. The first-order valence-corrected chi connectivity index (χ1v) is 10.1. The van der Waals surface area contributed by atoms with Crippen LogP contribution < -0.4 is 15.4 Å². The predicted molar refractivity (Wildman–Crippen MR) is 114 cm³/mol. The predicted octanol–water partition coefficient (Wildman–Crippen LogP) is 4.53. The number of nitrogens with one attached hydrogen (secondary N) is 3. The summed E-state index contributed by atoms with van der Waals surface area (Å²) in [7, 11) is 0. The van der Waals surface area contributed by atoms with E-state index >= 15 is 0 Å². The van der Waals surface area contributed by atoms with Gasteiger partial charge in [-0.15, -0.1) is 0 Å². The molecule has 0 aliphatic carbocycles. The average molecular weight is 382 g/mol. The zero-order chi connectivity index (χ0) is 20.0. The molecule has 0 aromatic heterocycles. The Hall–Kier alpha value is -2.82. The van der Waals surface area contributed by atoms with Gasteiger partial charge < -0.3 is 10.1 Å². The van der Waals surface area contributed by atoms with Crippen LogP contribution in [0.15, 0.2) is 54.6 Å². The molecule has 0 fully saturated rings. The van der Waals surface area contributed by atoms with Crippen molar-refractivity contribution in [3.05, 3.63) is 65.7 Å². The highest BCUT2D eigenvalue weighted by Gasteiger charge is 2.07. The third-order valence-corrected chi connectivity index (χ3v) is 4.41. The summed E-state index contributed by atoms with van der Waals surface area (Å²) in [5, 5.41) is 13.4. The lowest BCUT2D eigenvalue weighted by molar-refractivity contribution is 0.0975. The van der Waals surface area contributed by atoms with E-state index in [2.05, 4.69) is 41.8 Å². The Bertz CT molecular complexity index is 714. The largest absolute Gasteiger partial charge is 0.494 e. The van der Waals surface area contributed by atoms with Gasteiger partial charge in [0.1, 0.15) is 5.75 Å². The van der Waals surface area contributed by atoms with E-state index in [0.717, 1.165) is 44.3 Å². The molecule has 0 heterocycles. The molecule has 3 N–H and O–H groups in total. The van der Waals surface area contributed by atoms with Crippen LogP contribution in [0.3, 0.4) is 0 Å². The number of amides is 1. The van der Waals surface area contributed by atoms with Crippen molar-refractivity contribution in [1.29, 1.82) is 5.41 Å². The molecule has 0 saturated carbocycles. The Balaban J connectivity index is 1.59. The van der Waals surface area contributed by atoms with Crippen LogP contribution in [0.5, 0.6) is 5.75 Å². The van der Waals surface area contributed by atoms with Crippen molar-refractivity contribution in [1.82, 2.24) is 10.6 Å². The topological polar surface area (TPSA) is 74.2 Å². The van der Waals surface area contributed by atoms with Gasteiger partial charge in [0, 0.05) is 12.1 Å². The van der Waals surface area contributed by atoms with Gasteiger partial charge in [-0.05, 0) is 55.5 Å². The molecule has 28 heavy (non-hydrogen) atoms. The molecule has 0 unspecified atom stereocenters. The minimum absolute atomic E-state index is 0.0383. The van der Waals surface area contributed by atoms with Crippen molar-refractivity contribution in [2.75, 3.05) is 13.2 Å². The first-order valence-electron chi connectivity index (χ1n) is 10.1. The molecule has 150 valence electrons. The molecular formula is C23H31N3O2. The van der Waals surface area contributed by atoms with Crippen molar-refractivity contribution >= 4 is 11.9 Å². The number of unbranched alkanes of at least 4 members (excludes halogenated alkanes) is 3. The van der Waals surface area contributed by atoms with Gasteiger partial charge in [-0.1, -0.05) is 50.1 Å². The van der Waals surface area contributed by atoms with Gasteiger partial charge in [-0.3, -0.25) is 15.5 Å². The van der Waals surface area contributed by atoms with E-state index in [1.807, 2.05) is 6.07 Å². The van der Waals surface area contributed by atoms with Crippen LogP contribution >= 0.6 is 0 Å². The maximum Gasteiger partial charge on any atom is 0.257 e. The normalized spacial score (nSPS) is 10.3. The van der Waals surface area contributed by atoms with E-state index in [1.165, 1.54) is 5.56 Å². The number of guanidine groups is 1. The summed E-state index contributed by atoms with van der Waals surface area (Å²) in [5.41, 5.74) is 1.87. The third-order valence-electron chi connectivity index (χ3n) is 4.41. The first kappa shape index (κ1) is 21.5. The highest BCUT2D eigenvalue weighted by Crippen LogP contribution is 2.12. The second-order valence-electron chi connectivity index (χ2n) is 6.78. The summed E-state index contributed by atoms with van der Waals surface area (Å²) in [6.07, 6.45) is 6.35. The fourth-order valence-electron chi connectivity index (χ4n) is 2.76. The molecule has 5 heteroatoms. The Morgan fingerprint density at radius 3 is 2.43 bits per heavy atom. The molecule has 0 bridgehead atoms. The number of aryl methyl sites for hydroxylation is 1. The molecule has 0 aliphatic heterocycles. The summed E-state index contributed by atoms with van der Waals surface area (Å²) < 4.78 is 5.59. The van der Waals surface area contributed by atoms with Crippen molar-refractivity contribution in [3.8, 4) is 5.75 Å². The van der Waals surface area contributed by atoms with Gasteiger partial charge in [0.05, 0.1) is 6.61 Å². The van der Waals surface area contributed by atoms with Gasteiger partial charge in [-0.2, -0.15) is 0 Å². The second kappa shape index (κ2) is 12.5. The van der Waals surface area contributed by atoms with E-state index in [0.29, 0.717) is 18.7 Å².